The maximum atomic E-state index is 12.6. The van der Waals surface area contributed by atoms with Crippen molar-refractivity contribution in [2.24, 2.45) is 0 Å². The van der Waals surface area contributed by atoms with Crippen LogP contribution in [0.2, 0.25) is 0 Å². The van der Waals surface area contributed by atoms with Gasteiger partial charge in [-0.25, -0.2) is 0 Å². The Labute approximate surface area is 219 Å². The van der Waals surface area contributed by atoms with E-state index in [0.29, 0.717) is 25.4 Å². The van der Waals surface area contributed by atoms with Gasteiger partial charge in [-0.15, -0.1) is 0 Å². The van der Waals surface area contributed by atoms with E-state index in [9.17, 15) is 9.90 Å². The molecule has 1 aliphatic heterocycles. The largest absolute Gasteiger partial charge is 0.504 e. The molecule has 192 valence electrons. The lowest BCUT2D eigenvalue weighted by molar-refractivity contribution is -0.127. The fraction of sp³-hybridized carbons (Fsp3) is 0.258. The van der Waals surface area contributed by atoms with Gasteiger partial charge in [-0.05, 0) is 28.8 Å². The molecule has 1 N–H and O–H groups in total. The maximum Gasteiger partial charge on any atom is 0.246 e. The van der Waals surface area contributed by atoms with E-state index in [1.165, 1.54) is 7.11 Å². The van der Waals surface area contributed by atoms with E-state index < -0.39 is 0 Å². The van der Waals surface area contributed by atoms with Crippen LogP contribution in [0.25, 0.3) is 6.08 Å². The van der Waals surface area contributed by atoms with Crippen molar-refractivity contribution >= 4 is 12.0 Å². The first-order chi connectivity index (χ1) is 18.1. The van der Waals surface area contributed by atoms with Crippen molar-refractivity contribution in [3.63, 3.8) is 0 Å². The normalized spacial score (nSPS) is 14.6. The van der Waals surface area contributed by atoms with E-state index in [4.69, 9.17) is 9.47 Å². The fourth-order valence-corrected chi connectivity index (χ4v) is 4.34. The summed E-state index contributed by atoms with van der Waals surface area (Å²) in [6.07, 6.45) is 6.92. The van der Waals surface area contributed by atoms with Crippen LogP contribution in [0, 0.1) is 0 Å². The minimum atomic E-state index is -0.0916. The Kier molecular flexibility index (Phi) is 9.52. The first kappa shape index (κ1) is 26.2. The first-order valence-electron chi connectivity index (χ1n) is 12.6. The minimum absolute atomic E-state index is 0.0112. The lowest BCUT2D eigenvalue weighted by Crippen LogP contribution is -2.49. The third-order valence-electron chi connectivity index (χ3n) is 6.42. The second-order valence-corrected chi connectivity index (χ2v) is 8.89. The molecule has 37 heavy (non-hydrogen) atoms. The summed E-state index contributed by atoms with van der Waals surface area (Å²) >= 11 is 0. The molecule has 4 rings (SSSR count). The highest BCUT2D eigenvalue weighted by Gasteiger charge is 2.20. The Hall–Kier alpha value is -3.87. The fourth-order valence-electron chi connectivity index (χ4n) is 4.34. The van der Waals surface area contributed by atoms with Gasteiger partial charge in [0.25, 0.3) is 0 Å². The summed E-state index contributed by atoms with van der Waals surface area (Å²) in [5.74, 6) is 0.529. The van der Waals surface area contributed by atoms with Crippen molar-refractivity contribution in [3.05, 3.63) is 114 Å². The lowest BCUT2D eigenvalue weighted by Gasteiger charge is -2.34. The molecule has 3 aromatic rings. The highest BCUT2D eigenvalue weighted by Crippen LogP contribution is 2.27. The zero-order valence-electron chi connectivity index (χ0n) is 21.2. The summed E-state index contributed by atoms with van der Waals surface area (Å²) in [7, 11) is 1.51. The smallest absolute Gasteiger partial charge is 0.246 e. The van der Waals surface area contributed by atoms with Gasteiger partial charge >= 0.3 is 0 Å². The Bertz CT molecular complexity index is 1150. The molecule has 1 fully saturated rings. The van der Waals surface area contributed by atoms with Gasteiger partial charge in [0.05, 0.1) is 13.7 Å². The highest BCUT2D eigenvalue weighted by molar-refractivity contribution is 5.88. The summed E-state index contributed by atoms with van der Waals surface area (Å²) < 4.78 is 11.5. The van der Waals surface area contributed by atoms with Gasteiger partial charge < -0.3 is 19.5 Å². The molecule has 6 nitrogen and oxygen atoms in total. The molecule has 0 aromatic heterocycles. The molecule has 0 atom stereocenters. The number of piperazine rings is 1. The molecule has 1 amide bonds. The monoisotopic (exact) mass is 498 g/mol. The number of ether oxygens (including phenoxy) is 2. The number of hydrogen-bond acceptors (Lipinski definition) is 5. The standard InChI is InChI=1S/C31H34N2O4/c1-36-29-24-25(16-17-28(29)34)10-8-9-15-30(35)33-20-18-32(19-21-33)22-23-37-31(26-11-4-2-5-12-26)27-13-6-3-7-14-27/h2-17,24,31,34H,18-23H2,1H3. The van der Waals surface area contributed by atoms with Crippen molar-refractivity contribution in [2.75, 3.05) is 46.4 Å². The SMILES string of the molecule is COc1cc(C=CC=CC(=O)N2CCN(CCOC(c3ccccc3)c3ccccc3)CC2)ccc1O. The van der Waals surface area contributed by atoms with Crippen molar-refractivity contribution in [3.8, 4) is 11.5 Å². The van der Waals surface area contributed by atoms with Gasteiger partial charge in [-0.3, -0.25) is 9.69 Å². The average molecular weight is 499 g/mol. The molecule has 0 unspecified atom stereocenters. The summed E-state index contributed by atoms with van der Waals surface area (Å²) in [5, 5.41) is 9.69. The van der Waals surface area contributed by atoms with E-state index in [1.54, 1.807) is 30.4 Å². The molecule has 0 aliphatic carbocycles. The van der Waals surface area contributed by atoms with Crippen LogP contribution in [0.1, 0.15) is 22.8 Å². The van der Waals surface area contributed by atoms with E-state index in [1.807, 2.05) is 53.5 Å². The number of phenolic OH excluding ortho intramolecular Hbond substituents is 1. The molecule has 3 aromatic carbocycles. The van der Waals surface area contributed by atoms with Crippen LogP contribution in [-0.2, 0) is 9.53 Å². The van der Waals surface area contributed by atoms with Crippen LogP contribution in [0.5, 0.6) is 11.5 Å². The van der Waals surface area contributed by atoms with Crippen LogP contribution >= 0.6 is 0 Å². The van der Waals surface area contributed by atoms with Gasteiger partial charge in [0.15, 0.2) is 11.5 Å². The Morgan fingerprint density at radius 3 is 2.19 bits per heavy atom. The quantitative estimate of drug-likeness (QED) is 0.318. The average Bonchev–Trinajstić information content (AvgIpc) is 2.95. The van der Waals surface area contributed by atoms with Gasteiger partial charge in [0, 0.05) is 38.8 Å². The number of hydrogen-bond donors (Lipinski definition) is 1. The molecule has 6 heteroatoms. The molecule has 1 heterocycles. The Balaban J connectivity index is 1.22. The topological polar surface area (TPSA) is 62.2 Å². The number of allylic oxidation sites excluding steroid dienone is 2. The summed E-state index contributed by atoms with van der Waals surface area (Å²) in [4.78, 5) is 16.8. The summed E-state index contributed by atoms with van der Waals surface area (Å²) in [6, 6.07) is 25.7. The number of aromatic hydroxyl groups is 1. The molecule has 0 saturated carbocycles. The van der Waals surface area contributed by atoms with E-state index >= 15 is 0 Å². The van der Waals surface area contributed by atoms with Gasteiger partial charge in [0.2, 0.25) is 5.91 Å². The molecule has 1 aliphatic rings. The zero-order valence-corrected chi connectivity index (χ0v) is 21.2. The predicted octanol–water partition coefficient (Wildman–Crippen LogP) is 4.92. The number of benzene rings is 3. The molecular formula is C31H34N2O4. The predicted molar refractivity (Wildman–Crippen MR) is 147 cm³/mol. The van der Waals surface area contributed by atoms with Crippen LogP contribution in [-0.4, -0.2) is 67.3 Å². The zero-order chi connectivity index (χ0) is 25.9. The van der Waals surface area contributed by atoms with Crippen LogP contribution in [0.4, 0.5) is 0 Å². The van der Waals surface area contributed by atoms with Crippen LogP contribution in [0.3, 0.4) is 0 Å². The molecule has 0 spiro atoms. The molecular weight excluding hydrogens is 464 g/mol. The third kappa shape index (κ3) is 7.56. The second kappa shape index (κ2) is 13.4. The summed E-state index contributed by atoms with van der Waals surface area (Å²) in [6.45, 7) is 4.49. The number of phenols is 1. The van der Waals surface area contributed by atoms with Crippen molar-refractivity contribution in [1.29, 1.82) is 0 Å². The first-order valence-corrected chi connectivity index (χ1v) is 12.6. The number of amides is 1. The Morgan fingerprint density at radius 2 is 1.57 bits per heavy atom. The highest BCUT2D eigenvalue weighted by atomic mass is 16.5. The van der Waals surface area contributed by atoms with E-state index in [2.05, 4.69) is 29.2 Å². The third-order valence-corrected chi connectivity index (χ3v) is 6.42. The second-order valence-electron chi connectivity index (χ2n) is 8.89. The van der Waals surface area contributed by atoms with Crippen LogP contribution in [0.15, 0.2) is 97.1 Å². The van der Waals surface area contributed by atoms with Gasteiger partial charge in [0.1, 0.15) is 6.10 Å². The lowest BCUT2D eigenvalue weighted by atomic mass is 10.0. The van der Waals surface area contributed by atoms with Gasteiger partial charge in [-0.1, -0.05) is 85.0 Å². The number of carbonyl (C=O) groups excluding carboxylic acids is 1. The van der Waals surface area contributed by atoms with E-state index in [-0.39, 0.29) is 17.8 Å². The maximum absolute atomic E-state index is 12.6. The minimum Gasteiger partial charge on any atom is -0.504 e. The van der Waals surface area contributed by atoms with Crippen molar-refractivity contribution < 1.29 is 19.4 Å². The molecule has 0 radical (unpaired) electrons. The molecule has 0 bridgehead atoms. The van der Waals surface area contributed by atoms with Crippen molar-refractivity contribution in [2.45, 2.75) is 6.10 Å². The van der Waals surface area contributed by atoms with Gasteiger partial charge in [-0.2, -0.15) is 0 Å². The number of carbonyl (C=O) groups is 1. The van der Waals surface area contributed by atoms with Crippen LogP contribution < -0.4 is 4.74 Å². The summed E-state index contributed by atoms with van der Waals surface area (Å²) in [5.41, 5.74) is 3.17. The molecule has 1 saturated heterocycles. The number of methoxy groups -OCH3 is 1. The van der Waals surface area contributed by atoms with Crippen molar-refractivity contribution in [1.82, 2.24) is 9.80 Å². The number of nitrogens with zero attached hydrogens (tertiary/aromatic N) is 2. The van der Waals surface area contributed by atoms with E-state index in [0.717, 1.165) is 36.3 Å². The number of rotatable bonds is 10. The Morgan fingerprint density at radius 1 is 0.919 bits per heavy atom.